The van der Waals surface area contributed by atoms with Crippen LogP contribution in [0.15, 0.2) is 57.2 Å². The number of amides is 1. The largest absolute Gasteiger partial charge is 0.465 e. The normalized spacial score (nSPS) is 12.5. The second-order valence-corrected chi connectivity index (χ2v) is 12.3. The van der Waals surface area contributed by atoms with Gasteiger partial charge in [0.2, 0.25) is 0 Å². The van der Waals surface area contributed by atoms with Crippen molar-refractivity contribution in [3.8, 4) is 0 Å². The molecule has 0 aliphatic heterocycles. The van der Waals surface area contributed by atoms with Gasteiger partial charge in [-0.2, -0.15) is 4.99 Å². The predicted molar refractivity (Wildman–Crippen MR) is 131 cm³/mol. The molecule has 2 aromatic carbocycles. The van der Waals surface area contributed by atoms with Gasteiger partial charge in [-0.3, -0.25) is 9.59 Å². The molecule has 0 radical (unpaired) electrons. The van der Waals surface area contributed by atoms with Crippen LogP contribution in [0.4, 0.5) is 0 Å². The molecule has 0 saturated carbocycles. The van der Waals surface area contributed by atoms with Gasteiger partial charge in [0.15, 0.2) is 14.6 Å². The Balaban J connectivity index is 1.96. The number of aromatic nitrogens is 1. The Bertz CT molecular complexity index is 1340. The predicted octanol–water partition coefficient (Wildman–Crippen LogP) is 3.84. The zero-order chi connectivity index (χ0) is 24.2. The van der Waals surface area contributed by atoms with Gasteiger partial charge in [0.05, 0.1) is 28.1 Å². The third-order valence-corrected chi connectivity index (χ3v) is 7.71. The van der Waals surface area contributed by atoms with Gasteiger partial charge >= 0.3 is 5.97 Å². The zero-order valence-corrected chi connectivity index (χ0v) is 21.4. The summed E-state index contributed by atoms with van der Waals surface area (Å²) in [6.45, 7) is 6.06. The number of nitrogens with zero attached hydrogens (tertiary/aromatic N) is 2. The first-order valence-corrected chi connectivity index (χ1v) is 14.0. The van der Waals surface area contributed by atoms with E-state index in [2.05, 4.69) is 18.8 Å². The van der Waals surface area contributed by atoms with Gasteiger partial charge in [-0.05, 0) is 42.8 Å². The van der Waals surface area contributed by atoms with Crippen LogP contribution in [0.25, 0.3) is 10.2 Å². The van der Waals surface area contributed by atoms with Crippen LogP contribution in [-0.2, 0) is 37.1 Å². The van der Waals surface area contributed by atoms with Crippen molar-refractivity contribution < 1.29 is 22.7 Å². The highest BCUT2D eigenvalue weighted by atomic mass is 32.2. The number of hydrogen-bond donors (Lipinski definition) is 0. The van der Waals surface area contributed by atoms with Crippen LogP contribution in [0.3, 0.4) is 0 Å². The van der Waals surface area contributed by atoms with Gasteiger partial charge in [-0.1, -0.05) is 37.3 Å². The van der Waals surface area contributed by atoms with E-state index in [-0.39, 0.29) is 30.4 Å². The third kappa shape index (κ3) is 6.78. The SMILES string of the molecule is CCOC(=O)Cn1c(=NC(=O)Cc2ccc(SC(C)C)cc2)sc2cc(S(C)(=O)=O)ccc21. The van der Waals surface area contributed by atoms with E-state index < -0.39 is 15.8 Å². The van der Waals surface area contributed by atoms with Crippen molar-refractivity contribution >= 4 is 55.0 Å². The number of ether oxygens (including phenoxy) is 1. The number of carbonyl (C=O) groups excluding carboxylic acids is 2. The Hall–Kier alpha value is -2.43. The molecular weight excluding hydrogens is 480 g/mol. The Morgan fingerprint density at radius 3 is 2.45 bits per heavy atom. The van der Waals surface area contributed by atoms with Crippen LogP contribution >= 0.6 is 23.1 Å². The molecule has 1 aromatic heterocycles. The van der Waals surface area contributed by atoms with Gasteiger partial charge in [0, 0.05) is 16.4 Å². The van der Waals surface area contributed by atoms with Crippen molar-refractivity contribution in [1.29, 1.82) is 0 Å². The molecule has 0 aliphatic carbocycles. The number of hydrogen-bond acceptors (Lipinski definition) is 7. The molecule has 0 aliphatic rings. The first kappa shape index (κ1) is 25.2. The van der Waals surface area contributed by atoms with E-state index in [1.807, 2.05) is 24.3 Å². The van der Waals surface area contributed by atoms with Crippen molar-refractivity contribution in [3.05, 3.63) is 52.8 Å². The highest BCUT2D eigenvalue weighted by Gasteiger charge is 2.15. The van der Waals surface area contributed by atoms with Crippen molar-refractivity contribution in [2.75, 3.05) is 12.9 Å². The van der Waals surface area contributed by atoms with Crippen LogP contribution in [0.5, 0.6) is 0 Å². The van der Waals surface area contributed by atoms with Gasteiger partial charge in [-0.25, -0.2) is 8.42 Å². The number of rotatable bonds is 8. The minimum atomic E-state index is -3.40. The van der Waals surface area contributed by atoms with Crippen LogP contribution in [-0.4, -0.2) is 43.0 Å². The lowest BCUT2D eigenvalue weighted by Crippen LogP contribution is -2.23. The fraction of sp³-hybridized carbons (Fsp3) is 0.348. The average Bonchev–Trinajstić information content (AvgIpc) is 3.04. The molecule has 33 heavy (non-hydrogen) atoms. The van der Waals surface area contributed by atoms with Gasteiger partial charge < -0.3 is 9.30 Å². The highest BCUT2D eigenvalue weighted by Crippen LogP contribution is 2.24. The number of thiazole rings is 1. The minimum absolute atomic E-state index is 0.120. The van der Waals surface area contributed by atoms with E-state index in [1.54, 1.807) is 29.3 Å². The van der Waals surface area contributed by atoms with Crippen LogP contribution < -0.4 is 4.80 Å². The van der Waals surface area contributed by atoms with Crippen molar-refractivity contribution in [2.45, 2.75) is 48.8 Å². The summed E-state index contributed by atoms with van der Waals surface area (Å²) >= 11 is 2.91. The summed E-state index contributed by atoms with van der Waals surface area (Å²) < 4.78 is 31.1. The maximum atomic E-state index is 12.7. The van der Waals surface area contributed by atoms with Crippen LogP contribution in [0.2, 0.25) is 0 Å². The summed E-state index contributed by atoms with van der Waals surface area (Å²) in [7, 11) is -3.40. The maximum Gasteiger partial charge on any atom is 0.326 e. The second-order valence-electron chi connectivity index (χ2n) is 7.67. The maximum absolute atomic E-state index is 12.7. The van der Waals surface area contributed by atoms with Crippen molar-refractivity contribution in [2.24, 2.45) is 4.99 Å². The van der Waals surface area contributed by atoms with Crippen molar-refractivity contribution in [3.63, 3.8) is 0 Å². The number of carbonyl (C=O) groups is 2. The van der Waals surface area contributed by atoms with E-state index in [0.29, 0.717) is 20.3 Å². The average molecular weight is 507 g/mol. The minimum Gasteiger partial charge on any atom is -0.465 e. The topological polar surface area (TPSA) is 94.8 Å². The molecule has 0 unspecified atom stereocenters. The standard InChI is InChI=1S/C23H26N2O5S3/c1-5-30-22(27)14-25-19-11-10-18(33(4,28)29)13-20(19)32-23(25)24-21(26)12-16-6-8-17(9-7-16)31-15(2)3/h6-11,13,15H,5,12,14H2,1-4H3. The molecule has 0 fully saturated rings. The molecule has 10 heteroatoms. The summed E-state index contributed by atoms with van der Waals surface area (Å²) in [6.07, 6.45) is 1.25. The molecule has 0 bridgehead atoms. The lowest BCUT2D eigenvalue weighted by atomic mass is 10.1. The molecule has 176 valence electrons. The van der Waals surface area contributed by atoms with Gasteiger partial charge in [-0.15, -0.1) is 11.8 Å². The molecule has 0 saturated heterocycles. The molecule has 3 aromatic rings. The monoisotopic (exact) mass is 506 g/mol. The molecular formula is C23H26N2O5S3. The molecule has 1 amide bonds. The second kappa shape index (κ2) is 10.7. The Morgan fingerprint density at radius 2 is 1.85 bits per heavy atom. The lowest BCUT2D eigenvalue weighted by Gasteiger charge is -2.06. The van der Waals surface area contributed by atoms with E-state index in [0.717, 1.165) is 28.1 Å². The number of fused-ring (bicyclic) bond motifs is 1. The van der Waals surface area contributed by atoms with E-state index in [1.165, 1.54) is 12.1 Å². The number of benzene rings is 2. The summed E-state index contributed by atoms with van der Waals surface area (Å²) in [5.74, 6) is -0.816. The third-order valence-electron chi connectivity index (χ3n) is 4.55. The zero-order valence-electron chi connectivity index (χ0n) is 18.9. The first-order chi connectivity index (χ1) is 15.6. The highest BCUT2D eigenvalue weighted by molar-refractivity contribution is 7.99. The summed E-state index contributed by atoms with van der Waals surface area (Å²) in [4.78, 5) is 30.7. The van der Waals surface area contributed by atoms with Crippen LogP contribution in [0.1, 0.15) is 26.3 Å². The fourth-order valence-electron chi connectivity index (χ4n) is 3.14. The molecule has 3 rings (SSSR count). The number of thioether (sulfide) groups is 1. The number of sulfone groups is 1. The molecule has 7 nitrogen and oxygen atoms in total. The lowest BCUT2D eigenvalue weighted by molar-refractivity contribution is -0.143. The Kier molecular flexibility index (Phi) is 8.14. The summed E-state index contributed by atoms with van der Waals surface area (Å²) in [6, 6.07) is 12.4. The summed E-state index contributed by atoms with van der Waals surface area (Å²) in [5.41, 5.74) is 1.45. The van der Waals surface area contributed by atoms with E-state index >= 15 is 0 Å². The van der Waals surface area contributed by atoms with Gasteiger partial charge in [0.25, 0.3) is 5.91 Å². The smallest absolute Gasteiger partial charge is 0.326 e. The quantitative estimate of drug-likeness (QED) is 0.340. The molecule has 0 N–H and O–H groups in total. The molecule has 1 heterocycles. The first-order valence-electron chi connectivity index (χ1n) is 10.4. The fourth-order valence-corrected chi connectivity index (χ4v) is 5.78. The molecule has 0 atom stereocenters. The van der Waals surface area contributed by atoms with E-state index in [4.69, 9.17) is 4.74 Å². The van der Waals surface area contributed by atoms with Crippen LogP contribution in [0, 0.1) is 0 Å². The molecule has 0 spiro atoms. The van der Waals surface area contributed by atoms with E-state index in [9.17, 15) is 18.0 Å². The summed E-state index contributed by atoms with van der Waals surface area (Å²) in [5, 5.41) is 0.471. The Labute approximate surface area is 201 Å². The van der Waals surface area contributed by atoms with Gasteiger partial charge in [0.1, 0.15) is 6.54 Å². The number of esters is 1. The van der Waals surface area contributed by atoms with Crippen molar-refractivity contribution in [1.82, 2.24) is 4.57 Å². The Morgan fingerprint density at radius 1 is 1.15 bits per heavy atom.